The fraction of sp³-hybridized carbons (Fsp3) is 0.294. The molecule has 0 bridgehead atoms. The van der Waals surface area contributed by atoms with Crippen LogP contribution in [0.4, 0.5) is 0 Å². The van der Waals surface area contributed by atoms with Gasteiger partial charge in [-0.2, -0.15) is 0 Å². The SMILES string of the molecule is C#C[C@H](COc1cccc(C)c1)OPP.C/C=C/[C@H](COc1cccc(C)c1)OPP.[CH-]=C[C@H](COc1cccc(C)c1)OPP.[Y]. The van der Waals surface area contributed by atoms with E-state index in [-0.39, 0.29) is 51.0 Å². The van der Waals surface area contributed by atoms with Crippen LogP contribution in [0.2, 0.25) is 0 Å². The smallest absolute Gasteiger partial charge is 0.156 e. The van der Waals surface area contributed by atoms with E-state index in [1.54, 1.807) is 0 Å². The second-order valence-corrected chi connectivity index (χ2v) is 13.1. The van der Waals surface area contributed by atoms with Crippen LogP contribution in [0, 0.1) is 39.7 Å². The van der Waals surface area contributed by atoms with Gasteiger partial charge in [0.2, 0.25) is 0 Å². The van der Waals surface area contributed by atoms with Crippen LogP contribution in [0.25, 0.3) is 0 Å². The Balaban J connectivity index is 0.000000669. The molecular weight excluding hydrogens is 779 g/mol. The quantitative estimate of drug-likeness (QED) is 0.0585. The van der Waals surface area contributed by atoms with Crippen LogP contribution in [0.1, 0.15) is 23.6 Å². The van der Waals surface area contributed by atoms with E-state index in [0.717, 1.165) is 17.2 Å². The van der Waals surface area contributed by atoms with Gasteiger partial charge in [0.1, 0.15) is 43.2 Å². The van der Waals surface area contributed by atoms with E-state index in [2.05, 4.69) is 45.7 Å². The topological polar surface area (TPSA) is 55.4 Å². The fourth-order valence-corrected chi connectivity index (χ4v) is 5.97. The predicted molar refractivity (Wildman–Crippen MR) is 211 cm³/mol. The number of hydrogen-bond donors (Lipinski definition) is 0. The van der Waals surface area contributed by atoms with Gasteiger partial charge in [-0.1, -0.05) is 81.3 Å². The van der Waals surface area contributed by atoms with Crippen molar-refractivity contribution in [2.24, 2.45) is 0 Å². The molecule has 6 unspecified atom stereocenters. The van der Waals surface area contributed by atoms with Crippen molar-refractivity contribution >= 4 is 52.3 Å². The van der Waals surface area contributed by atoms with Gasteiger partial charge in [0.25, 0.3) is 0 Å². The molecule has 3 rings (SSSR count). The van der Waals surface area contributed by atoms with E-state index in [1.165, 1.54) is 22.8 Å². The molecule has 253 valence electrons. The van der Waals surface area contributed by atoms with Gasteiger partial charge in [-0.25, -0.2) is 6.08 Å². The second kappa shape index (κ2) is 30.5. The Labute approximate surface area is 320 Å². The first-order valence-corrected chi connectivity index (χ1v) is 22.5. The third-order valence-corrected chi connectivity index (χ3v) is 8.18. The summed E-state index contributed by atoms with van der Waals surface area (Å²) in [5.74, 6) is 5.10. The molecule has 0 N–H and O–H groups in total. The van der Waals surface area contributed by atoms with E-state index >= 15 is 0 Å². The first kappa shape index (κ1) is 46.7. The fourth-order valence-electron chi connectivity index (χ4n) is 3.49. The van der Waals surface area contributed by atoms with Crippen molar-refractivity contribution in [2.45, 2.75) is 46.0 Å². The molecule has 0 saturated heterocycles. The van der Waals surface area contributed by atoms with Crippen molar-refractivity contribution in [3.8, 4) is 29.6 Å². The molecule has 0 aliphatic rings. The Bertz CT molecular complexity index is 1330. The van der Waals surface area contributed by atoms with Crippen molar-refractivity contribution < 1.29 is 60.5 Å². The Morgan fingerprint density at radius 3 is 1.47 bits per heavy atom. The molecule has 0 spiro atoms. The van der Waals surface area contributed by atoms with Gasteiger partial charge in [0.05, 0.1) is 6.10 Å². The molecule has 1 radical (unpaired) electrons. The van der Waals surface area contributed by atoms with Crippen LogP contribution in [0.3, 0.4) is 0 Å². The van der Waals surface area contributed by atoms with E-state index < -0.39 is 0 Å². The first-order chi connectivity index (χ1) is 22.3. The molecule has 3 aromatic carbocycles. The zero-order chi connectivity index (χ0) is 34.0. The maximum atomic E-state index is 5.67. The van der Waals surface area contributed by atoms with E-state index in [0.29, 0.717) is 45.3 Å². The number of benzene rings is 3. The largest absolute Gasteiger partial charge is 0.515 e. The summed E-state index contributed by atoms with van der Waals surface area (Å²) in [6, 6.07) is 23.8. The van der Waals surface area contributed by atoms with Crippen LogP contribution in [-0.2, 0) is 46.3 Å². The van der Waals surface area contributed by atoms with Gasteiger partial charge < -0.3 is 34.4 Å². The van der Waals surface area contributed by atoms with Crippen molar-refractivity contribution in [3.05, 3.63) is 114 Å². The molecule has 0 aromatic heterocycles. The Morgan fingerprint density at radius 2 is 1.11 bits per heavy atom. The zero-order valence-electron chi connectivity index (χ0n) is 27.4. The summed E-state index contributed by atoms with van der Waals surface area (Å²) < 4.78 is 32.9. The minimum absolute atomic E-state index is 0. The summed E-state index contributed by atoms with van der Waals surface area (Å²) >= 11 is 0. The number of rotatable bonds is 17. The third kappa shape index (κ3) is 23.7. The Kier molecular flexibility index (Phi) is 30.3. The van der Waals surface area contributed by atoms with Crippen LogP contribution in [0.5, 0.6) is 17.2 Å². The summed E-state index contributed by atoms with van der Waals surface area (Å²) in [5.41, 5.74) is 3.54. The van der Waals surface area contributed by atoms with Crippen LogP contribution >= 0.6 is 52.3 Å². The summed E-state index contributed by atoms with van der Waals surface area (Å²) in [7, 11) is 8.62. The number of terminal acetylenes is 1. The van der Waals surface area contributed by atoms with Gasteiger partial charge in [-0.05, 0) is 80.8 Å². The molecule has 0 aliphatic carbocycles. The molecular formula is C34H47O6P6Y-. The normalized spacial score (nSPS) is 12.8. The molecule has 0 heterocycles. The van der Waals surface area contributed by atoms with Crippen molar-refractivity contribution in [2.75, 3.05) is 19.8 Å². The maximum Gasteiger partial charge on any atom is 0.156 e. The average Bonchev–Trinajstić information content (AvgIpc) is 3.05. The molecule has 47 heavy (non-hydrogen) atoms. The minimum atomic E-state index is -0.277. The molecule has 6 nitrogen and oxygen atoms in total. The molecule has 3 aromatic rings. The van der Waals surface area contributed by atoms with Gasteiger partial charge in [0.15, 0.2) is 6.10 Å². The average molecular weight is 826 g/mol. The molecule has 0 fully saturated rings. The van der Waals surface area contributed by atoms with Gasteiger partial charge in [0, 0.05) is 58.2 Å². The first-order valence-electron chi connectivity index (χ1n) is 14.3. The van der Waals surface area contributed by atoms with E-state index in [4.69, 9.17) is 40.8 Å². The molecule has 0 aliphatic heterocycles. The summed E-state index contributed by atoms with van der Waals surface area (Å²) in [4.78, 5) is 0. The van der Waals surface area contributed by atoms with Crippen molar-refractivity contribution in [1.82, 2.24) is 0 Å². The zero-order valence-corrected chi connectivity index (χ0v) is 36.7. The molecule has 0 amide bonds. The number of allylic oxidation sites excluding steroid dienone is 1. The van der Waals surface area contributed by atoms with Gasteiger partial charge in [-0.3, -0.25) is 0 Å². The van der Waals surface area contributed by atoms with Crippen LogP contribution in [-0.4, -0.2) is 38.1 Å². The van der Waals surface area contributed by atoms with E-state index in [1.807, 2.05) is 99.7 Å². The van der Waals surface area contributed by atoms with Gasteiger partial charge in [-0.15, -0.1) is 6.42 Å². The summed E-state index contributed by atoms with van der Waals surface area (Å²) in [6.45, 7) is 14.9. The predicted octanol–water partition coefficient (Wildman–Crippen LogP) is 9.62. The minimum Gasteiger partial charge on any atom is -0.515 e. The van der Waals surface area contributed by atoms with Crippen LogP contribution in [0.15, 0.2) is 91.0 Å². The summed E-state index contributed by atoms with van der Waals surface area (Å²) in [5, 5.41) is 0. The monoisotopic (exact) mass is 826 g/mol. The Morgan fingerprint density at radius 1 is 0.702 bits per heavy atom. The van der Waals surface area contributed by atoms with Gasteiger partial charge >= 0.3 is 0 Å². The van der Waals surface area contributed by atoms with E-state index in [9.17, 15) is 0 Å². The molecule has 9 atom stereocenters. The van der Waals surface area contributed by atoms with Crippen molar-refractivity contribution in [3.63, 3.8) is 0 Å². The standard InChI is InChI=1S/C12H18O2P2.C11H15O2P2.C11H14O2P2.Y/c1-3-5-12(14-16-15)9-13-11-7-4-6-10(2)8-11;2*1-3-10(13-15-14)8-12-11-6-4-5-9(2)7-11;/h3-8,12,16H,9,15H2,1-2H3;1,3-7,10,15H,8,14H2,2H3;1,4-7,10,15H,8,14H2,2H3;/q;-1;;/b5-3+;;;/t12-;2*10-;/m111./s1. The molecule has 0 saturated carbocycles. The Hall–Kier alpha value is -0.336. The maximum absolute atomic E-state index is 5.67. The number of hydrogen-bond acceptors (Lipinski definition) is 6. The third-order valence-electron chi connectivity index (χ3n) is 5.66. The number of aryl methyl sites for hydroxylation is 3. The van der Waals surface area contributed by atoms with Crippen molar-refractivity contribution in [1.29, 1.82) is 0 Å². The van der Waals surface area contributed by atoms with Crippen LogP contribution < -0.4 is 14.2 Å². The second-order valence-electron chi connectivity index (χ2n) is 9.54. The number of ether oxygens (including phenoxy) is 3. The summed E-state index contributed by atoms with van der Waals surface area (Å²) in [6.07, 6.45) is 10.4. The molecule has 13 heteroatoms.